The Labute approximate surface area is 138 Å². The minimum atomic E-state index is -1.13. The quantitative estimate of drug-likeness (QED) is 0.761. The van der Waals surface area contributed by atoms with E-state index in [0.717, 1.165) is 18.2 Å². The van der Waals surface area contributed by atoms with Gasteiger partial charge in [-0.05, 0) is 30.5 Å². The smallest absolute Gasteiger partial charge is 0.267 e. The number of halogens is 2. The van der Waals surface area contributed by atoms with Gasteiger partial charge in [0.25, 0.3) is 11.5 Å². The van der Waals surface area contributed by atoms with Gasteiger partial charge in [0.05, 0.1) is 10.2 Å². The molecule has 0 saturated heterocycles. The van der Waals surface area contributed by atoms with Crippen LogP contribution in [0.4, 0.5) is 14.5 Å². The molecular weight excluding hydrogens is 338 g/mol. The average Bonchev–Trinajstić information content (AvgIpc) is 3.01. The number of nitrogens with one attached hydrogen (secondary N) is 1. The highest BCUT2D eigenvalue weighted by Crippen LogP contribution is 2.31. The number of aromatic hydroxyl groups is 1. The maximum absolute atomic E-state index is 13.2. The van der Waals surface area contributed by atoms with E-state index in [1.165, 1.54) is 15.9 Å². The number of fused-ring (bicyclic) bond motifs is 1. The van der Waals surface area contributed by atoms with Gasteiger partial charge in [-0.2, -0.15) is 0 Å². The van der Waals surface area contributed by atoms with Crippen LogP contribution in [-0.2, 0) is 6.54 Å². The van der Waals surface area contributed by atoms with E-state index in [1.54, 1.807) is 18.4 Å². The molecule has 3 rings (SSSR count). The number of aromatic nitrogens is 1. The van der Waals surface area contributed by atoms with Gasteiger partial charge in [-0.25, -0.2) is 8.78 Å². The number of benzene rings is 1. The van der Waals surface area contributed by atoms with Crippen molar-refractivity contribution in [3.63, 3.8) is 0 Å². The lowest BCUT2D eigenvalue weighted by atomic mass is 10.2. The Bertz CT molecular complexity index is 1010. The Morgan fingerprint density at radius 1 is 1.29 bits per heavy atom. The van der Waals surface area contributed by atoms with Gasteiger partial charge >= 0.3 is 0 Å². The maximum Gasteiger partial charge on any atom is 0.267 e. The molecule has 0 aliphatic heterocycles. The molecule has 0 bridgehead atoms. The lowest BCUT2D eigenvalue weighted by Gasteiger charge is -2.11. The topological polar surface area (TPSA) is 71.3 Å². The van der Waals surface area contributed by atoms with Crippen LogP contribution in [0.5, 0.6) is 5.75 Å². The summed E-state index contributed by atoms with van der Waals surface area (Å²) in [6, 6.07) is 4.50. The van der Waals surface area contributed by atoms with Crippen molar-refractivity contribution in [1.29, 1.82) is 0 Å². The zero-order valence-corrected chi connectivity index (χ0v) is 13.3. The normalized spacial score (nSPS) is 11.0. The van der Waals surface area contributed by atoms with Gasteiger partial charge in [0.2, 0.25) is 0 Å². The number of pyridine rings is 1. The first-order valence-corrected chi connectivity index (χ1v) is 7.91. The molecule has 0 aliphatic carbocycles. The van der Waals surface area contributed by atoms with Crippen molar-refractivity contribution in [3.8, 4) is 5.75 Å². The molecule has 2 heterocycles. The number of carbonyl (C=O) groups excluding carboxylic acids is 1. The summed E-state index contributed by atoms with van der Waals surface area (Å²) in [7, 11) is 0. The number of nitrogens with zero attached hydrogens (tertiary/aromatic N) is 1. The minimum absolute atomic E-state index is 0.0213. The van der Waals surface area contributed by atoms with E-state index in [2.05, 4.69) is 5.32 Å². The predicted molar refractivity (Wildman–Crippen MR) is 87.7 cm³/mol. The summed E-state index contributed by atoms with van der Waals surface area (Å²) in [6.07, 6.45) is 0. The molecule has 5 nitrogen and oxygen atoms in total. The Hall–Kier alpha value is -2.74. The van der Waals surface area contributed by atoms with E-state index < -0.39 is 34.4 Å². The summed E-state index contributed by atoms with van der Waals surface area (Å²) in [6.45, 7) is 2.06. The van der Waals surface area contributed by atoms with Crippen LogP contribution >= 0.6 is 11.3 Å². The summed E-state index contributed by atoms with van der Waals surface area (Å²) in [5, 5.41) is 14.3. The van der Waals surface area contributed by atoms with Gasteiger partial charge in [-0.1, -0.05) is 0 Å². The third-order valence-corrected chi connectivity index (χ3v) is 4.48. The number of rotatable bonds is 3. The number of hydrogen-bond acceptors (Lipinski definition) is 4. The zero-order valence-electron chi connectivity index (χ0n) is 12.5. The molecule has 0 radical (unpaired) electrons. The number of carbonyl (C=O) groups is 1. The molecule has 0 spiro atoms. The number of anilines is 1. The first kappa shape index (κ1) is 16.1. The molecule has 0 fully saturated rings. The van der Waals surface area contributed by atoms with E-state index in [-0.39, 0.29) is 5.69 Å². The van der Waals surface area contributed by atoms with Crippen LogP contribution in [-0.4, -0.2) is 15.6 Å². The van der Waals surface area contributed by atoms with Crippen LogP contribution in [0.3, 0.4) is 0 Å². The van der Waals surface area contributed by atoms with Gasteiger partial charge in [-0.3, -0.25) is 9.59 Å². The number of thiophene rings is 1. The van der Waals surface area contributed by atoms with Crippen molar-refractivity contribution in [2.24, 2.45) is 0 Å². The van der Waals surface area contributed by atoms with Crippen molar-refractivity contribution < 1.29 is 18.7 Å². The highest BCUT2D eigenvalue weighted by atomic mass is 32.1. The van der Waals surface area contributed by atoms with Crippen molar-refractivity contribution in [3.05, 3.63) is 57.2 Å². The molecular formula is C16H12F2N2O3S. The molecule has 124 valence electrons. The van der Waals surface area contributed by atoms with Crippen LogP contribution in [0, 0.1) is 11.6 Å². The van der Waals surface area contributed by atoms with Crippen molar-refractivity contribution >= 4 is 33.1 Å². The highest BCUT2D eigenvalue weighted by Gasteiger charge is 2.23. The standard InChI is InChI=1S/C16H12F2N2O3S/c1-2-20-11-5-6-24-14(11)13(21)12(16(20)23)15(22)19-8-3-4-9(17)10(18)7-8/h3-7,21H,2H2,1H3,(H,19,22). The van der Waals surface area contributed by atoms with Gasteiger partial charge < -0.3 is 15.0 Å². The van der Waals surface area contributed by atoms with Crippen LogP contribution in [0.15, 0.2) is 34.4 Å². The molecule has 1 aromatic carbocycles. The third-order valence-electron chi connectivity index (χ3n) is 3.57. The zero-order chi connectivity index (χ0) is 17.4. The monoisotopic (exact) mass is 350 g/mol. The van der Waals surface area contributed by atoms with Crippen molar-refractivity contribution in [2.75, 3.05) is 5.32 Å². The fourth-order valence-corrected chi connectivity index (χ4v) is 3.28. The molecule has 3 aromatic rings. The molecule has 0 atom stereocenters. The second-order valence-electron chi connectivity index (χ2n) is 4.99. The summed E-state index contributed by atoms with van der Waals surface area (Å²) in [5.41, 5.74) is -0.570. The minimum Gasteiger partial charge on any atom is -0.505 e. The van der Waals surface area contributed by atoms with Gasteiger partial charge in [0.15, 0.2) is 17.4 Å². The molecule has 0 aliphatic rings. The van der Waals surface area contributed by atoms with Crippen LogP contribution in [0.2, 0.25) is 0 Å². The Morgan fingerprint density at radius 3 is 2.71 bits per heavy atom. The molecule has 1 amide bonds. The maximum atomic E-state index is 13.2. The Kier molecular flexibility index (Phi) is 4.06. The SMILES string of the molecule is CCn1c(=O)c(C(=O)Nc2ccc(F)c(F)c2)c(O)c2sccc21. The van der Waals surface area contributed by atoms with Gasteiger partial charge in [0.1, 0.15) is 5.56 Å². The van der Waals surface area contributed by atoms with E-state index in [1.807, 2.05) is 0 Å². The second-order valence-corrected chi connectivity index (χ2v) is 5.91. The molecule has 2 aromatic heterocycles. The van der Waals surface area contributed by atoms with Crippen LogP contribution in [0.25, 0.3) is 10.2 Å². The lowest BCUT2D eigenvalue weighted by molar-refractivity contribution is 0.102. The molecule has 0 unspecified atom stereocenters. The summed E-state index contributed by atoms with van der Waals surface area (Å²) in [4.78, 5) is 24.9. The fourth-order valence-electron chi connectivity index (χ4n) is 2.44. The van der Waals surface area contributed by atoms with Crippen LogP contribution < -0.4 is 10.9 Å². The number of hydrogen-bond donors (Lipinski definition) is 2. The van der Waals surface area contributed by atoms with E-state index >= 15 is 0 Å². The van der Waals surface area contributed by atoms with E-state index in [9.17, 15) is 23.5 Å². The molecule has 2 N–H and O–H groups in total. The van der Waals surface area contributed by atoms with E-state index in [4.69, 9.17) is 0 Å². The third kappa shape index (κ3) is 2.54. The predicted octanol–water partition coefficient (Wildman–Crippen LogP) is 3.32. The molecule has 24 heavy (non-hydrogen) atoms. The Morgan fingerprint density at radius 2 is 2.04 bits per heavy atom. The molecule has 0 saturated carbocycles. The van der Waals surface area contributed by atoms with Crippen molar-refractivity contribution in [2.45, 2.75) is 13.5 Å². The highest BCUT2D eigenvalue weighted by molar-refractivity contribution is 7.17. The molecule has 8 heteroatoms. The van der Waals surface area contributed by atoms with Gasteiger partial charge in [-0.15, -0.1) is 11.3 Å². The summed E-state index contributed by atoms with van der Waals surface area (Å²) >= 11 is 1.20. The first-order chi connectivity index (χ1) is 11.4. The second kappa shape index (κ2) is 6.04. The fraction of sp³-hybridized carbons (Fsp3) is 0.125. The number of aryl methyl sites for hydroxylation is 1. The van der Waals surface area contributed by atoms with E-state index in [0.29, 0.717) is 16.8 Å². The van der Waals surface area contributed by atoms with Crippen LogP contribution in [0.1, 0.15) is 17.3 Å². The van der Waals surface area contributed by atoms with Crippen molar-refractivity contribution in [1.82, 2.24) is 4.57 Å². The van der Waals surface area contributed by atoms with Gasteiger partial charge in [0, 0.05) is 18.3 Å². The largest absolute Gasteiger partial charge is 0.505 e. The summed E-state index contributed by atoms with van der Waals surface area (Å²) < 4.78 is 28.0. The average molecular weight is 350 g/mol. The first-order valence-electron chi connectivity index (χ1n) is 7.03. The number of amides is 1. The summed E-state index contributed by atoms with van der Waals surface area (Å²) in [5.74, 6) is -3.49. The Balaban J connectivity index is 2.09. The lowest BCUT2D eigenvalue weighted by Crippen LogP contribution is -2.29.